The minimum atomic E-state index is -1.14. The van der Waals surface area contributed by atoms with Crippen molar-refractivity contribution in [3.63, 3.8) is 0 Å². The van der Waals surface area contributed by atoms with Gasteiger partial charge in [0, 0.05) is 4.90 Å². The highest BCUT2D eigenvalue weighted by Gasteiger charge is 2.57. The minimum Gasteiger partial charge on any atom is -0.497 e. The monoisotopic (exact) mass is 334 g/mol. The van der Waals surface area contributed by atoms with E-state index in [0.29, 0.717) is 5.92 Å². The summed E-state index contributed by atoms with van der Waals surface area (Å²) in [5.74, 6) is 1.18. The Hall–Kier alpha value is -1.32. The topological polar surface area (TPSA) is 26.3 Å². The second-order valence-corrected chi connectivity index (χ2v) is 8.29. The average Bonchev–Trinajstić information content (AvgIpc) is 3.25. The molecule has 3 unspecified atom stereocenters. The average molecular weight is 335 g/mol. The summed E-state index contributed by atoms with van der Waals surface area (Å²) in [5, 5.41) is 0. The van der Waals surface area contributed by atoms with Crippen molar-refractivity contribution in [1.29, 1.82) is 0 Å². The lowest BCUT2D eigenvalue weighted by molar-refractivity contribution is 0.414. The van der Waals surface area contributed by atoms with E-state index in [9.17, 15) is 4.21 Å². The number of halogens is 1. The molecule has 1 fully saturated rings. The van der Waals surface area contributed by atoms with Crippen LogP contribution in [0.15, 0.2) is 59.5 Å². The fraction of sp³-hybridized carbons (Fsp3) is 0.333. The number of hydrogen-bond acceptors (Lipinski definition) is 2. The molecule has 0 saturated heterocycles. The molecule has 1 aliphatic rings. The van der Waals surface area contributed by atoms with Gasteiger partial charge in [0.25, 0.3) is 0 Å². The predicted octanol–water partition coefficient (Wildman–Crippen LogP) is 4.39. The Morgan fingerprint density at radius 1 is 1.18 bits per heavy atom. The smallest absolute Gasteiger partial charge is 0.127 e. The van der Waals surface area contributed by atoms with Crippen molar-refractivity contribution in [2.24, 2.45) is 5.92 Å². The van der Waals surface area contributed by atoms with E-state index in [1.54, 1.807) is 7.11 Å². The van der Waals surface area contributed by atoms with Crippen LogP contribution < -0.4 is 4.74 Å². The number of benzene rings is 2. The van der Waals surface area contributed by atoms with Gasteiger partial charge in [0.05, 0.1) is 17.9 Å². The van der Waals surface area contributed by atoms with E-state index >= 15 is 0 Å². The van der Waals surface area contributed by atoms with Crippen LogP contribution in [0.1, 0.15) is 18.4 Å². The maximum atomic E-state index is 12.6. The fourth-order valence-electron chi connectivity index (χ4n) is 2.69. The molecule has 0 bridgehead atoms. The summed E-state index contributed by atoms with van der Waals surface area (Å²) < 4.78 is 17.2. The van der Waals surface area contributed by atoms with Gasteiger partial charge in [-0.1, -0.05) is 30.3 Å². The van der Waals surface area contributed by atoms with E-state index in [0.717, 1.165) is 29.9 Å². The molecule has 1 saturated carbocycles. The van der Waals surface area contributed by atoms with Crippen molar-refractivity contribution >= 4 is 22.4 Å². The predicted molar refractivity (Wildman–Crippen MR) is 90.9 cm³/mol. The molecular formula is C18H19ClO2S. The van der Waals surface area contributed by atoms with Gasteiger partial charge in [0.2, 0.25) is 0 Å². The zero-order valence-electron chi connectivity index (χ0n) is 12.5. The first-order valence-corrected chi connectivity index (χ1v) is 8.95. The number of aryl methyl sites for hydroxylation is 1. The lowest BCUT2D eigenvalue weighted by Crippen LogP contribution is -2.12. The van der Waals surface area contributed by atoms with Crippen molar-refractivity contribution in [1.82, 2.24) is 0 Å². The first-order chi connectivity index (χ1) is 10.6. The highest BCUT2D eigenvalue weighted by atomic mass is 35.5. The molecule has 1 aliphatic carbocycles. The van der Waals surface area contributed by atoms with Gasteiger partial charge in [-0.25, -0.2) is 0 Å². The first kappa shape index (κ1) is 15.6. The highest BCUT2D eigenvalue weighted by molar-refractivity contribution is 7.88. The normalized spacial score (nSPS) is 24.7. The van der Waals surface area contributed by atoms with Crippen LogP contribution in [0.4, 0.5) is 0 Å². The lowest BCUT2D eigenvalue weighted by Gasteiger charge is -2.09. The first-order valence-electron chi connectivity index (χ1n) is 7.42. The SMILES string of the molecule is COc1ccc(CCC2CC2(Cl)S(=O)c2ccccc2)cc1. The minimum absolute atomic E-state index is 0.317. The van der Waals surface area contributed by atoms with Crippen molar-refractivity contribution in [3.8, 4) is 5.75 Å². The molecule has 0 aromatic heterocycles. The number of alkyl halides is 1. The maximum absolute atomic E-state index is 12.6. The van der Waals surface area contributed by atoms with Gasteiger partial charge in [-0.2, -0.15) is 0 Å². The van der Waals surface area contributed by atoms with Crippen LogP contribution in [0.2, 0.25) is 0 Å². The van der Waals surface area contributed by atoms with E-state index in [1.165, 1.54) is 5.56 Å². The summed E-state index contributed by atoms with van der Waals surface area (Å²) in [7, 11) is 0.529. The molecule has 2 nitrogen and oxygen atoms in total. The number of hydrogen-bond donors (Lipinski definition) is 0. The summed E-state index contributed by atoms with van der Waals surface area (Å²) in [6.45, 7) is 0. The summed E-state index contributed by atoms with van der Waals surface area (Å²) >= 11 is 6.59. The van der Waals surface area contributed by atoms with Crippen LogP contribution in [-0.2, 0) is 17.2 Å². The molecule has 3 atom stereocenters. The van der Waals surface area contributed by atoms with E-state index in [2.05, 4.69) is 12.1 Å². The molecular weight excluding hydrogens is 316 g/mol. The van der Waals surface area contributed by atoms with Gasteiger partial charge < -0.3 is 4.74 Å². The Kier molecular flexibility index (Phi) is 4.55. The van der Waals surface area contributed by atoms with E-state index in [1.807, 2.05) is 42.5 Å². The van der Waals surface area contributed by atoms with Gasteiger partial charge in [-0.05, 0) is 55.0 Å². The lowest BCUT2D eigenvalue weighted by atomic mass is 10.1. The molecule has 0 heterocycles. The summed E-state index contributed by atoms with van der Waals surface area (Å²) in [4.78, 5) is 0.824. The summed E-state index contributed by atoms with van der Waals surface area (Å²) in [5.41, 5.74) is 1.26. The van der Waals surface area contributed by atoms with Gasteiger partial charge in [0.1, 0.15) is 9.96 Å². The van der Waals surface area contributed by atoms with Crippen LogP contribution in [-0.4, -0.2) is 15.5 Å². The molecule has 4 heteroatoms. The third-order valence-electron chi connectivity index (χ3n) is 4.18. The second kappa shape index (κ2) is 6.43. The van der Waals surface area contributed by atoms with Crippen LogP contribution >= 0.6 is 11.6 Å². The molecule has 116 valence electrons. The van der Waals surface area contributed by atoms with Gasteiger partial charge in [0.15, 0.2) is 0 Å². The van der Waals surface area contributed by atoms with Gasteiger partial charge in [-0.15, -0.1) is 11.6 Å². The summed E-state index contributed by atoms with van der Waals surface area (Å²) in [6, 6.07) is 17.6. The van der Waals surface area contributed by atoms with E-state index in [4.69, 9.17) is 16.3 Å². The zero-order chi connectivity index (χ0) is 15.6. The number of ether oxygens (including phenoxy) is 1. The Morgan fingerprint density at radius 3 is 2.50 bits per heavy atom. The van der Waals surface area contributed by atoms with Crippen LogP contribution in [0, 0.1) is 5.92 Å². The van der Waals surface area contributed by atoms with Crippen molar-refractivity contribution in [2.45, 2.75) is 28.4 Å². The molecule has 0 spiro atoms. The quantitative estimate of drug-likeness (QED) is 0.732. The molecule has 2 aromatic carbocycles. The van der Waals surface area contributed by atoms with E-state index in [-0.39, 0.29) is 0 Å². The standard InChI is InChI=1S/C18H19ClO2S/c1-21-16-11-8-14(9-12-16)7-10-15-13-18(15,19)22(20)17-5-3-2-4-6-17/h2-6,8-9,11-12,15H,7,10,13H2,1H3. The van der Waals surface area contributed by atoms with Crippen LogP contribution in [0.3, 0.4) is 0 Å². The molecule has 3 rings (SSSR count). The summed E-state index contributed by atoms with van der Waals surface area (Å²) in [6.07, 6.45) is 2.75. The molecule has 2 aromatic rings. The van der Waals surface area contributed by atoms with E-state index < -0.39 is 15.0 Å². The highest BCUT2D eigenvalue weighted by Crippen LogP contribution is 2.56. The largest absolute Gasteiger partial charge is 0.497 e. The Bertz CT molecular complexity index is 657. The molecule has 0 aliphatic heterocycles. The third kappa shape index (κ3) is 3.21. The Morgan fingerprint density at radius 2 is 1.86 bits per heavy atom. The fourth-order valence-corrected chi connectivity index (χ4v) is 4.83. The van der Waals surface area contributed by atoms with Crippen molar-refractivity contribution < 1.29 is 8.95 Å². The van der Waals surface area contributed by atoms with Crippen molar-refractivity contribution in [3.05, 3.63) is 60.2 Å². The van der Waals surface area contributed by atoms with Gasteiger partial charge in [-0.3, -0.25) is 4.21 Å². The molecule has 0 radical (unpaired) electrons. The third-order valence-corrected chi connectivity index (χ3v) is 6.88. The van der Waals surface area contributed by atoms with Crippen LogP contribution in [0.5, 0.6) is 5.75 Å². The van der Waals surface area contributed by atoms with Crippen LogP contribution in [0.25, 0.3) is 0 Å². The van der Waals surface area contributed by atoms with Gasteiger partial charge >= 0.3 is 0 Å². The molecule has 0 N–H and O–H groups in total. The zero-order valence-corrected chi connectivity index (χ0v) is 14.1. The number of methoxy groups -OCH3 is 1. The van der Waals surface area contributed by atoms with Crippen molar-refractivity contribution in [2.75, 3.05) is 7.11 Å². The molecule has 22 heavy (non-hydrogen) atoms. The second-order valence-electron chi connectivity index (χ2n) is 5.66. The Labute approximate surface area is 138 Å². The Balaban J connectivity index is 1.58. The maximum Gasteiger partial charge on any atom is 0.127 e. The number of rotatable bonds is 6. The molecule has 0 amide bonds.